The summed E-state index contributed by atoms with van der Waals surface area (Å²) >= 11 is 0. The van der Waals surface area contributed by atoms with Crippen molar-refractivity contribution >= 4 is 12.0 Å². The van der Waals surface area contributed by atoms with E-state index in [1.807, 2.05) is 0 Å². The molecule has 1 rings (SSSR count). The van der Waals surface area contributed by atoms with Gasteiger partial charge in [-0.15, -0.1) is 0 Å². The van der Waals surface area contributed by atoms with Crippen molar-refractivity contribution in [1.29, 1.82) is 0 Å². The molecule has 7 heteroatoms. The molecule has 1 aliphatic heterocycles. The van der Waals surface area contributed by atoms with Crippen LogP contribution in [0.3, 0.4) is 0 Å². The Morgan fingerprint density at radius 1 is 1.33 bits per heavy atom. The lowest BCUT2D eigenvalue weighted by Crippen LogP contribution is -2.54. The molecule has 0 spiro atoms. The molecule has 0 saturated carbocycles. The standard InChI is InChI=1S/C11H21N3O4/c1-11(2,9(15)16)13-10(17)12-3-4-14-5-7-18-8-6-14/h3-8H2,1-2H3,(H,15,16)(H2,12,13,17). The second-order valence-corrected chi connectivity index (χ2v) is 4.77. The van der Waals surface area contributed by atoms with Gasteiger partial charge in [0.15, 0.2) is 0 Å². The maximum absolute atomic E-state index is 11.5. The Kier molecular flexibility index (Phi) is 5.36. The first-order chi connectivity index (χ1) is 8.42. The predicted octanol–water partition coefficient (Wildman–Crippen LogP) is -0.519. The van der Waals surface area contributed by atoms with Crippen molar-refractivity contribution in [2.24, 2.45) is 0 Å². The Bertz CT molecular complexity index is 301. The molecule has 0 atom stereocenters. The van der Waals surface area contributed by atoms with Gasteiger partial charge in [-0.25, -0.2) is 9.59 Å². The number of hydrogen-bond acceptors (Lipinski definition) is 4. The summed E-state index contributed by atoms with van der Waals surface area (Å²) in [4.78, 5) is 24.5. The van der Waals surface area contributed by atoms with Gasteiger partial charge in [0, 0.05) is 26.2 Å². The lowest BCUT2D eigenvalue weighted by atomic mass is 10.1. The molecule has 2 amide bonds. The zero-order valence-corrected chi connectivity index (χ0v) is 10.9. The quantitative estimate of drug-likeness (QED) is 0.618. The van der Waals surface area contributed by atoms with Gasteiger partial charge < -0.3 is 20.5 Å². The second-order valence-electron chi connectivity index (χ2n) is 4.77. The van der Waals surface area contributed by atoms with Crippen LogP contribution in [0.15, 0.2) is 0 Å². The van der Waals surface area contributed by atoms with Crippen LogP contribution in [0.4, 0.5) is 4.79 Å². The number of aliphatic carboxylic acids is 1. The molecule has 3 N–H and O–H groups in total. The molecule has 18 heavy (non-hydrogen) atoms. The largest absolute Gasteiger partial charge is 0.480 e. The van der Waals surface area contributed by atoms with Crippen molar-refractivity contribution in [2.75, 3.05) is 39.4 Å². The highest BCUT2D eigenvalue weighted by molar-refractivity contribution is 5.85. The van der Waals surface area contributed by atoms with Crippen LogP contribution in [-0.4, -0.2) is 66.9 Å². The van der Waals surface area contributed by atoms with Crippen LogP contribution in [0.1, 0.15) is 13.8 Å². The van der Waals surface area contributed by atoms with Crippen LogP contribution >= 0.6 is 0 Å². The van der Waals surface area contributed by atoms with Gasteiger partial charge in [-0.1, -0.05) is 0 Å². The highest BCUT2D eigenvalue weighted by Gasteiger charge is 2.28. The fourth-order valence-electron chi connectivity index (χ4n) is 1.53. The van der Waals surface area contributed by atoms with Crippen LogP contribution in [0.2, 0.25) is 0 Å². The number of amides is 2. The van der Waals surface area contributed by atoms with Crippen molar-refractivity contribution in [3.05, 3.63) is 0 Å². The summed E-state index contributed by atoms with van der Waals surface area (Å²) in [6, 6.07) is -0.462. The Morgan fingerprint density at radius 2 is 1.94 bits per heavy atom. The van der Waals surface area contributed by atoms with E-state index in [9.17, 15) is 9.59 Å². The maximum Gasteiger partial charge on any atom is 0.328 e. The van der Waals surface area contributed by atoms with Gasteiger partial charge >= 0.3 is 12.0 Å². The van der Waals surface area contributed by atoms with E-state index in [0.717, 1.165) is 32.8 Å². The number of carboxylic acids is 1. The van der Waals surface area contributed by atoms with Gasteiger partial charge in [0.1, 0.15) is 5.54 Å². The number of ether oxygens (including phenoxy) is 1. The highest BCUT2D eigenvalue weighted by Crippen LogP contribution is 2.01. The Hall–Kier alpha value is -1.34. The highest BCUT2D eigenvalue weighted by atomic mass is 16.5. The van der Waals surface area contributed by atoms with Crippen LogP contribution in [-0.2, 0) is 9.53 Å². The molecule has 0 aliphatic carbocycles. The number of carbonyl (C=O) groups is 2. The Morgan fingerprint density at radius 3 is 2.50 bits per heavy atom. The van der Waals surface area contributed by atoms with Crippen LogP contribution in [0.5, 0.6) is 0 Å². The van der Waals surface area contributed by atoms with Crippen LogP contribution in [0, 0.1) is 0 Å². The first kappa shape index (κ1) is 14.7. The zero-order chi connectivity index (χ0) is 13.6. The van der Waals surface area contributed by atoms with E-state index in [-0.39, 0.29) is 0 Å². The molecule has 0 radical (unpaired) electrons. The molecule has 104 valence electrons. The number of morpholine rings is 1. The number of nitrogens with one attached hydrogen (secondary N) is 2. The molecule has 1 aliphatic rings. The van der Waals surface area contributed by atoms with Crippen molar-refractivity contribution in [3.8, 4) is 0 Å². The number of carbonyl (C=O) groups excluding carboxylic acids is 1. The molecule has 1 fully saturated rings. The lowest BCUT2D eigenvalue weighted by molar-refractivity contribution is -0.142. The topological polar surface area (TPSA) is 90.9 Å². The molecule has 0 unspecified atom stereocenters. The fourth-order valence-corrected chi connectivity index (χ4v) is 1.53. The van der Waals surface area contributed by atoms with Crippen molar-refractivity contribution < 1.29 is 19.4 Å². The van der Waals surface area contributed by atoms with E-state index in [0.29, 0.717) is 6.54 Å². The number of rotatable bonds is 5. The molecule has 0 bridgehead atoms. The molecule has 7 nitrogen and oxygen atoms in total. The third-order valence-electron chi connectivity index (χ3n) is 2.78. The molecule has 0 aromatic heterocycles. The van der Waals surface area contributed by atoms with Crippen LogP contribution < -0.4 is 10.6 Å². The van der Waals surface area contributed by atoms with Crippen molar-refractivity contribution in [3.63, 3.8) is 0 Å². The fraction of sp³-hybridized carbons (Fsp3) is 0.818. The Labute approximate surface area is 106 Å². The van der Waals surface area contributed by atoms with Crippen molar-refractivity contribution in [2.45, 2.75) is 19.4 Å². The molecule has 0 aromatic rings. The normalized spacial score (nSPS) is 17.2. The van der Waals surface area contributed by atoms with E-state index < -0.39 is 17.5 Å². The second kappa shape index (κ2) is 6.55. The predicted molar refractivity (Wildman–Crippen MR) is 65.5 cm³/mol. The molecule has 0 aromatic carbocycles. The third kappa shape index (κ3) is 4.89. The van der Waals surface area contributed by atoms with E-state index in [4.69, 9.17) is 9.84 Å². The molecule has 1 saturated heterocycles. The summed E-state index contributed by atoms with van der Waals surface area (Å²) in [6.45, 7) is 7.28. The molecular weight excluding hydrogens is 238 g/mol. The first-order valence-corrected chi connectivity index (χ1v) is 6.01. The van der Waals surface area contributed by atoms with Gasteiger partial charge in [-0.2, -0.15) is 0 Å². The Balaban J connectivity index is 2.18. The maximum atomic E-state index is 11.5. The monoisotopic (exact) mass is 259 g/mol. The summed E-state index contributed by atoms with van der Waals surface area (Å²) in [7, 11) is 0. The first-order valence-electron chi connectivity index (χ1n) is 6.01. The minimum atomic E-state index is -1.26. The molecule has 1 heterocycles. The van der Waals surface area contributed by atoms with E-state index in [1.165, 1.54) is 13.8 Å². The van der Waals surface area contributed by atoms with Gasteiger partial charge in [-0.05, 0) is 13.8 Å². The summed E-state index contributed by atoms with van der Waals surface area (Å²) in [5.74, 6) is -1.06. The molecular formula is C11H21N3O4. The smallest absolute Gasteiger partial charge is 0.328 e. The SMILES string of the molecule is CC(C)(NC(=O)NCCN1CCOCC1)C(=O)O. The average molecular weight is 259 g/mol. The van der Waals surface area contributed by atoms with E-state index in [1.54, 1.807) is 0 Å². The van der Waals surface area contributed by atoms with Gasteiger partial charge in [0.25, 0.3) is 0 Å². The van der Waals surface area contributed by atoms with Gasteiger partial charge in [0.2, 0.25) is 0 Å². The minimum Gasteiger partial charge on any atom is -0.480 e. The number of carboxylic acid groups (broad SMARTS) is 1. The summed E-state index contributed by atoms with van der Waals surface area (Å²) in [5, 5.41) is 13.9. The summed E-state index contributed by atoms with van der Waals surface area (Å²) in [5.41, 5.74) is -1.26. The van der Waals surface area contributed by atoms with E-state index >= 15 is 0 Å². The average Bonchev–Trinajstić information content (AvgIpc) is 2.29. The number of urea groups is 1. The van der Waals surface area contributed by atoms with Gasteiger partial charge in [-0.3, -0.25) is 4.90 Å². The van der Waals surface area contributed by atoms with Crippen molar-refractivity contribution in [1.82, 2.24) is 15.5 Å². The summed E-state index contributed by atoms with van der Waals surface area (Å²) < 4.78 is 5.21. The lowest BCUT2D eigenvalue weighted by Gasteiger charge is -2.27. The minimum absolute atomic E-state index is 0.462. The van der Waals surface area contributed by atoms with E-state index in [2.05, 4.69) is 15.5 Å². The third-order valence-corrected chi connectivity index (χ3v) is 2.78. The number of hydrogen-bond donors (Lipinski definition) is 3. The zero-order valence-electron chi connectivity index (χ0n) is 10.9. The van der Waals surface area contributed by atoms with Gasteiger partial charge in [0.05, 0.1) is 13.2 Å². The summed E-state index contributed by atoms with van der Waals surface area (Å²) in [6.07, 6.45) is 0. The van der Waals surface area contributed by atoms with Crippen LogP contribution in [0.25, 0.3) is 0 Å². The number of nitrogens with zero attached hydrogens (tertiary/aromatic N) is 1.